The van der Waals surface area contributed by atoms with Crippen LogP contribution < -0.4 is 9.47 Å². The zero-order valence-corrected chi connectivity index (χ0v) is 17.8. The summed E-state index contributed by atoms with van der Waals surface area (Å²) < 4.78 is 21.5. The van der Waals surface area contributed by atoms with E-state index in [0.717, 1.165) is 16.9 Å². The number of para-hydroxylation sites is 1. The first kappa shape index (κ1) is 23.8. The molecular weight excluding hydrogens is 420 g/mol. The van der Waals surface area contributed by atoms with Crippen LogP contribution in [-0.4, -0.2) is 70.5 Å². The van der Waals surface area contributed by atoms with Crippen LogP contribution in [0, 0.1) is 0 Å². The van der Waals surface area contributed by atoms with Gasteiger partial charge in [-0.2, -0.15) is 0 Å². The van der Waals surface area contributed by atoms with E-state index in [-0.39, 0.29) is 6.42 Å². The van der Waals surface area contributed by atoms with E-state index in [4.69, 9.17) is 24.1 Å². The fraction of sp³-hybridized carbons (Fsp3) is 0.435. The van der Waals surface area contributed by atoms with Crippen LogP contribution in [0.15, 0.2) is 48.5 Å². The summed E-state index contributed by atoms with van der Waals surface area (Å²) in [5, 5.41) is 40.0. The van der Waals surface area contributed by atoms with Crippen molar-refractivity contribution in [1.29, 1.82) is 0 Å². The standard InChI is InChI=1S/C23H28O9/c1-3-16(31-23(27)28)21-19(25)18(24)20(26)22(32-21)30-17-7-5-4-6-14(17)12-13-8-10-15(29-2)11-9-13/h4-11,16,18-22,24-26H,3,12H2,1-2H3,(H,27,28)/t16?,18-,19-,20+,21-,22+/m0/s1. The summed E-state index contributed by atoms with van der Waals surface area (Å²) in [6, 6.07) is 14.7. The van der Waals surface area contributed by atoms with Gasteiger partial charge in [-0.25, -0.2) is 4.79 Å². The monoisotopic (exact) mass is 448 g/mol. The summed E-state index contributed by atoms with van der Waals surface area (Å²) in [7, 11) is 1.59. The average Bonchev–Trinajstić information content (AvgIpc) is 2.79. The molecule has 9 heteroatoms. The number of benzene rings is 2. The molecule has 1 aliphatic heterocycles. The normalized spacial score (nSPS) is 26.2. The van der Waals surface area contributed by atoms with E-state index in [1.807, 2.05) is 36.4 Å². The molecule has 32 heavy (non-hydrogen) atoms. The van der Waals surface area contributed by atoms with Gasteiger partial charge in [-0.3, -0.25) is 0 Å². The molecule has 1 unspecified atom stereocenters. The van der Waals surface area contributed by atoms with Crippen LogP contribution >= 0.6 is 0 Å². The zero-order chi connectivity index (χ0) is 23.3. The first-order valence-electron chi connectivity index (χ1n) is 10.3. The Morgan fingerprint density at radius 2 is 1.72 bits per heavy atom. The molecule has 2 aromatic rings. The highest BCUT2D eigenvalue weighted by Gasteiger charge is 2.48. The number of hydrogen-bond acceptors (Lipinski definition) is 8. The summed E-state index contributed by atoms with van der Waals surface area (Å²) >= 11 is 0. The van der Waals surface area contributed by atoms with Gasteiger partial charge in [0.25, 0.3) is 0 Å². The van der Waals surface area contributed by atoms with Gasteiger partial charge in [0.1, 0.15) is 42.0 Å². The molecule has 3 rings (SSSR count). The molecule has 0 spiro atoms. The van der Waals surface area contributed by atoms with E-state index in [1.165, 1.54) is 0 Å². The number of ether oxygens (including phenoxy) is 4. The lowest BCUT2D eigenvalue weighted by atomic mass is 9.94. The van der Waals surface area contributed by atoms with E-state index >= 15 is 0 Å². The predicted octanol–water partition coefficient (Wildman–Crippen LogP) is 1.95. The lowest BCUT2D eigenvalue weighted by Crippen LogP contribution is -2.62. The Kier molecular flexibility index (Phi) is 7.92. The van der Waals surface area contributed by atoms with Gasteiger partial charge >= 0.3 is 6.16 Å². The summed E-state index contributed by atoms with van der Waals surface area (Å²) in [4.78, 5) is 11.0. The van der Waals surface area contributed by atoms with Crippen molar-refractivity contribution in [2.75, 3.05) is 7.11 Å². The van der Waals surface area contributed by atoms with Gasteiger partial charge in [0.15, 0.2) is 0 Å². The van der Waals surface area contributed by atoms with Gasteiger partial charge in [-0.05, 0) is 35.7 Å². The maximum absolute atomic E-state index is 11.0. The highest BCUT2D eigenvalue weighted by Crippen LogP contribution is 2.30. The van der Waals surface area contributed by atoms with Gasteiger partial charge in [0.05, 0.1) is 7.11 Å². The predicted molar refractivity (Wildman–Crippen MR) is 113 cm³/mol. The highest BCUT2D eigenvalue weighted by atomic mass is 16.7. The van der Waals surface area contributed by atoms with E-state index in [9.17, 15) is 20.1 Å². The van der Waals surface area contributed by atoms with Crippen LogP contribution in [0.1, 0.15) is 24.5 Å². The minimum atomic E-state index is -1.61. The third-order valence-corrected chi connectivity index (χ3v) is 5.40. The van der Waals surface area contributed by atoms with Crippen LogP contribution in [0.25, 0.3) is 0 Å². The molecule has 174 valence electrons. The Labute approximate surface area is 185 Å². The van der Waals surface area contributed by atoms with E-state index in [1.54, 1.807) is 26.2 Å². The number of hydrogen-bond donors (Lipinski definition) is 4. The number of aliphatic hydroxyl groups is 3. The van der Waals surface area contributed by atoms with Crippen molar-refractivity contribution in [3.8, 4) is 11.5 Å². The van der Waals surface area contributed by atoms with Crippen molar-refractivity contribution >= 4 is 6.16 Å². The summed E-state index contributed by atoms with van der Waals surface area (Å²) in [5.41, 5.74) is 1.81. The van der Waals surface area contributed by atoms with Crippen LogP contribution in [0.2, 0.25) is 0 Å². The topological polar surface area (TPSA) is 135 Å². The fourth-order valence-electron chi connectivity index (χ4n) is 3.64. The van der Waals surface area contributed by atoms with Crippen molar-refractivity contribution in [1.82, 2.24) is 0 Å². The second-order valence-electron chi connectivity index (χ2n) is 7.52. The molecular formula is C23H28O9. The molecule has 0 bridgehead atoms. The Bertz CT molecular complexity index is 885. The first-order valence-corrected chi connectivity index (χ1v) is 10.3. The quantitative estimate of drug-likeness (QED) is 0.447. The second-order valence-corrected chi connectivity index (χ2v) is 7.52. The molecule has 0 aliphatic carbocycles. The molecule has 1 fully saturated rings. The molecule has 1 saturated heterocycles. The number of carbonyl (C=O) groups is 1. The lowest BCUT2D eigenvalue weighted by molar-refractivity contribution is -0.288. The van der Waals surface area contributed by atoms with Crippen LogP contribution in [0.3, 0.4) is 0 Å². The molecule has 2 aromatic carbocycles. The summed E-state index contributed by atoms with van der Waals surface area (Å²) in [6.45, 7) is 1.65. The zero-order valence-electron chi connectivity index (χ0n) is 17.8. The van der Waals surface area contributed by atoms with Gasteiger partial charge in [-0.15, -0.1) is 0 Å². The third-order valence-electron chi connectivity index (χ3n) is 5.40. The largest absolute Gasteiger partial charge is 0.506 e. The number of aliphatic hydroxyl groups excluding tert-OH is 3. The van der Waals surface area contributed by atoms with Crippen molar-refractivity contribution in [2.45, 2.75) is 56.6 Å². The first-order chi connectivity index (χ1) is 15.3. The lowest BCUT2D eigenvalue weighted by Gasteiger charge is -2.42. The SMILES string of the molecule is CCC(OC(=O)O)[C@@H]1O[C@@H](Oc2ccccc2Cc2ccc(OC)cc2)[C@H](O)[C@@H](O)[C@@H]1O. The van der Waals surface area contributed by atoms with Gasteiger partial charge in [0.2, 0.25) is 6.29 Å². The molecule has 0 saturated carbocycles. The van der Waals surface area contributed by atoms with Crippen LogP contribution in [-0.2, 0) is 15.9 Å². The Morgan fingerprint density at radius 1 is 1.03 bits per heavy atom. The molecule has 9 nitrogen and oxygen atoms in total. The molecule has 1 aliphatic rings. The Morgan fingerprint density at radius 3 is 2.34 bits per heavy atom. The maximum atomic E-state index is 11.0. The third kappa shape index (κ3) is 5.49. The van der Waals surface area contributed by atoms with E-state index in [2.05, 4.69) is 0 Å². The second kappa shape index (κ2) is 10.6. The number of methoxy groups -OCH3 is 1. The highest BCUT2D eigenvalue weighted by molar-refractivity contribution is 5.57. The molecule has 1 heterocycles. The minimum Gasteiger partial charge on any atom is -0.497 e. The summed E-state index contributed by atoms with van der Waals surface area (Å²) in [6.07, 6.45) is -9.15. The van der Waals surface area contributed by atoms with Gasteiger partial charge in [-0.1, -0.05) is 37.3 Å². The molecule has 0 amide bonds. The molecule has 0 aromatic heterocycles. The maximum Gasteiger partial charge on any atom is 0.506 e. The molecule has 0 radical (unpaired) electrons. The fourth-order valence-corrected chi connectivity index (χ4v) is 3.64. The van der Waals surface area contributed by atoms with Crippen molar-refractivity contribution in [3.63, 3.8) is 0 Å². The number of rotatable bonds is 8. The molecule has 4 N–H and O–H groups in total. The molecule has 6 atom stereocenters. The number of carboxylic acid groups (broad SMARTS) is 1. The van der Waals surface area contributed by atoms with Crippen LogP contribution in [0.5, 0.6) is 11.5 Å². The minimum absolute atomic E-state index is 0.192. The van der Waals surface area contributed by atoms with E-state index < -0.39 is 43.0 Å². The van der Waals surface area contributed by atoms with Crippen molar-refractivity contribution in [2.24, 2.45) is 0 Å². The Balaban J connectivity index is 1.79. The van der Waals surface area contributed by atoms with Crippen molar-refractivity contribution in [3.05, 3.63) is 59.7 Å². The van der Waals surface area contributed by atoms with Gasteiger partial charge < -0.3 is 39.4 Å². The smallest absolute Gasteiger partial charge is 0.497 e. The summed E-state index contributed by atoms with van der Waals surface area (Å²) in [5.74, 6) is 1.16. The van der Waals surface area contributed by atoms with Crippen molar-refractivity contribution < 1.29 is 44.2 Å². The van der Waals surface area contributed by atoms with Gasteiger partial charge in [0, 0.05) is 6.42 Å². The van der Waals surface area contributed by atoms with Crippen LogP contribution in [0.4, 0.5) is 4.79 Å². The average molecular weight is 448 g/mol. The Hall–Kier alpha value is -2.85. The van der Waals surface area contributed by atoms with E-state index in [0.29, 0.717) is 12.2 Å².